The zero-order valence-electron chi connectivity index (χ0n) is 17.1. The monoisotopic (exact) mass is 438 g/mol. The van der Waals surface area contributed by atoms with Gasteiger partial charge >= 0.3 is 0 Å². The molecule has 0 amide bonds. The fourth-order valence-electron chi connectivity index (χ4n) is 4.44. The Bertz CT molecular complexity index is 1290. The molecule has 3 aliphatic carbocycles. The number of nitrogens with zero attached hydrogens (tertiary/aromatic N) is 1. The second-order valence-corrected chi connectivity index (χ2v) is 10.2. The molecular weight excluding hydrogens is 416 g/mol. The lowest BCUT2D eigenvalue weighted by molar-refractivity contribution is 0.303. The molecule has 160 valence electrons. The summed E-state index contributed by atoms with van der Waals surface area (Å²) in [6.45, 7) is 0. The summed E-state index contributed by atoms with van der Waals surface area (Å²) in [4.78, 5) is 0.0618. The van der Waals surface area contributed by atoms with E-state index in [9.17, 15) is 8.42 Å². The Hall–Kier alpha value is -3.00. The minimum atomic E-state index is -3.89. The molecule has 0 aliphatic heterocycles. The lowest BCUT2D eigenvalue weighted by Gasteiger charge is -2.25. The van der Waals surface area contributed by atoms with Crippen LogP contribution in [0, 0.1) is 0 Å². The van der Waals surface area contributed by atoms with Crippen molar-refractivity contribution in [1.29, 1.82) is 0 Å². The normalized spacial score (nSPS) is 18.2. The lowest BCUT2D eigenvalue weighted by atomic mass is 9.79. The van der Waals surface area contributed by atoms with Crippen LogP contribution in [0.25, 0.3) is 11.3 Å². The zero-order chi connectivity index (χ0) is 21.2. The molecule has 1 aromatic heterocycles. The first-order valence-electron chi connectivity index (χ1n) is 10.5. The van der Waals surface area contributed by atoms with Crippen LogP contribution in [0.2, 0.25) is 0 Å². The number of fused-ring (bicyclic) bond motifs is 4. The molecule has 0 bridgehead atoms. The Kier molecular flexibility index (Phi) is 3.93. The molecule has 7 nitrogen and oxygen atoms in total. The van der Waals surface area contributed by atoms with Gasteiger partial charge in [-0.15, -0.1) is 0 Å². The quantitative estimate of drug-likeness (QED) is 0.618. The van der Waals surface area contributed by atoms with Crippen LogP contribution in [0.4, 0.5) is 5.82 Å². The van der Waals surface area contributed by atoms with E-state index >= 15 is 0 Å². The molecule has 8 heteroatoms. The van der Waals surface area contributed by atoms with Crippen molar-refractivity contribution >= 4 is 15.8 Å². The summed E-state index contributed by atoms with van der Waals surface area (Å²) in [5.74, 6) is 1.95. The van der Waals surface area contributed by atoms with Crippen molar-refractivity contribution < 1.29 is 22.4 Å². The van der Waals surface area contributed by atoms with Gasteiger partial charge in [-0.3, -0.25) is 4.72 Å². The van der Waals surface area contributed by atoms with Crippen LogP contribution in [0.3, 0.4) is 0 Å². The number of methoxy groups -OCH3 is 1. The van der Waals surface area contributed by atoms with E-state index in [2.05, 4.69) is 15.9 Å². The predicted molar refractivity (Wildman–Crippen MR) is 114 cm³/mol. The molecule has 2 saturated carbocycles. The summed E-state index contributed by atoms with van der Waals surface area (Å²) in [6, 6.07) is 12.7. The molecule has 0 atom stereocenters. The lowest BCUT2D eigenvalue weighted by Crippen LogP contribution is -2.20. The molecule has 31 heavy (non-hydrogen) atoms. The molecule has 1 spiro atoms. The second kappa shape index (κ2) is 6.50. The summed E-state index contributed by atoms with van der Waals surface area (Å²) in [7, 11) is -2.45. The van der Waals surface area contributed by atoms with Gasteiger partial charge in [-0.25, -0.2) is 8.42 Å². The van der Waals surface area contributed by atoms with Gasteiger partial charge in [0.05, 0.1) is 13.2 Å². The van der Waals surface area contributed by atoms with E-state index in [0.29, 0.717) is 18.3 Å². The Balaban J connectivity index is 1.40. The molecule has 0 saturated heterocycles. The maximum atomic E-state index is 13.1. The first-order valence-corrected chi connectivity index (χ1v) is 11.9. The highest BCUT2D eigenvalue weighted by atomic mass is 32.2. The molecule has 1 heterocycles. The van der Waals surface area contributed by atoms with Gasteiger partial charge in [0.1, 0.15) is 16.4 Å². The van der Waals surface area contributed by atoms with Gasteiger partial charge < -0.3 is 14.0 Å². The fourth-order valence-corrected chi connectivity index (χ4v) is 5.64. The molecule has 1 N–H and O–H groups in total. The Labute approximate surface area is 180 Å². The number of anilines is 1. The van der Waals surface area contributed by atoms with Gasteiger partial charge in [-0.05, 0) is 61.9 Å². The van der Waals surface area contributed by atoms with Crippen molar-refractivity contribution in [3.8, 4) is 22.8 Å². The molecule has 6 rings (SSSR count). The summed E-state index contributed by atoms with van der Waals surface area (Å²) in [6.07, 6.45) is 5.30. The van der Waals surface area contributed by atoms with E-state index in [1.807, 2.05) is 12.1 Å². The van der Waals surface area contributed by atoms with Crippen LogP contribution in [0.1, 0.15) is 36.8 Å². The molecule has 3 aromatic rings. The van der Waals surface area contributed by atoms with Crippen molar-refractivity contribution in [3.63, 3.8) is 0 Å². The summed E-state index contributed by atoms with van der Waals surface area (Å²) < 4.78 is 45.7. The number of aromatic nitrogens is 1. The molecule has 2 fully saturated rings. The largest absolute Gasteiger partial charge is 0.495 e. The molecule has 3 aliphatic rings. The highest BCUT2D eigenvalue weighted by Crippen LogP contribution is 2.58. The number of nitrogens with one attached hydrogen (secondary N) is 1. The first kappa shape index (κ1) is 18.7. The standard InChI is InChI=1S/C23H22N2O5S/c1-28-19-4-2-3-5-20(19)31(26,27)25-22-17-13-23(10-11-23)18-9-8-15(29-14-6-7-14)12-16(18)21(17)30-24-22/h2-5,8-9,12,14H,6-7,10-11,13H2,1H3,(H,24,25). The van der Waals surface area contributed by atoms with Gasteiger partial charge in [0.2, 0.25) is 0 Å². The highest BCUT2D eigenvalue weighted by molar-refractivity contribution is 7.92. The van der Waals surface area contributed by atoms with E-state index in [-0.39, 0.29) is 21.9 Å². The highest BCUT2D eigenvalue weighted by Gasteiger charge is 2.50. The summed E-state index contributed by atoms with van der Waals surface area (Å²) in [5, 5.41) is 4.11. The second-order valence-electron chi connectivity index (χ2n) is 8.58. The van der Waals surface area contributed by atoms with Crippen molar-refractivity contribution in [1.82, 2.24) is 5.16 Å². The molecule has 0 radical (unpaired) electrons. The third kappa shape index (κ3) is 3.08. The smallest absolute Gasteiger partial charge is 0.266 e. The molecular formula is C23H22N2O5S. The topological polar surface area (TPSA) is 90.7 Å². The van der Waals surface area contributed by atoms with Gasteiger partial charge in [-0.2, -0.15) is 0 Å². The van der Waals surface area contributed by atoms with Crippen LogP contribution in [0.5, 0.6) is 11.5 Å². The predicted octanol–water partition coefficient (Wildman–Crippen LogP) is 4.28. The minimum Gasteiger partial charge on any atom is -0.495 e. The Morgan fingerprint density at radius 1 is 1.16 bits per heavy atom. The third-order valence-corrected chi connectivity index (χ3v) is 7.76. The first-order chi connectivity index (χ1) is 15.0. The van der Waals surface area contributed by atoms with Gasteiger partial charge in [0.25, 0.3) is 10.0 Å². The van der Waals surface area contributed by atoms with Gasteiger partial charge in [0, 0.05) is 16.5 Å². The fraction of sp³-hybridized carbons (Fsp3) is 0.348. The van der Waals surface area contributed by atoms with E-state index in [4.69, 9.17) is 14.0 Å². The number of sulfonamides is 1. The number of ether oxygens (including phenoxy) is 2. The van der Waals surface area contributed by atoms with Crippen LogP contribution < -0.4 is 14.2 Å². The summed E-state index contributed by atoms with van der Waals surface area (Å²) in [5.41, 5.74) is 3.01. The number of benzene rings is 2. The maximum absolute atomic E-state index is 13.1. The number of hydrogen-bond acceptors (Lipinski definition) is 6. The van der Waals surface area contributed by atoms with Crippen LogP contribution in [0.15, 0.2) is 51.9 Å². The Morgan fingerprint density at radius 3 is 2.71 bits per heavy atom. The average Bonchev–Trinajstić information content (AvgIpc) is 3.69. The van der Waals surface area contributed by atoms with Gasteiger partial charge in [0.15, 0.2) is 11.6 Å². The minimum absolute atomic E-state index is 0.0244. The van der Waals surface area contributed by atoms with Crippen LogP contribution in [-0.4, -0.2) is 26.8 Å². The van der Waals surface area contributed by atoms with Crippen molar-refractivity contribution in [2.45, 2.75) is 48.5 Å². The van der Waals surface area contributed by atoms with Crippen LogP contribution >= 0.6 is 0 Å². The Morgan fingerprint density at radius 2 is 1.97 bits per heavy atom. The number of rotatable bonds is 6. The van der Waals surface area contributed by atoms with Crippen molar-refractivity contribution in [2.24, 2.45) is 0 Å². The van der Waals surface area contributed by atoms with E-state index < -0.39 is 10.0 Å². The van der Waals surface area contributed by atoms with E-state index in [1.54, 1.807) is 18.2 Å². The molecule has 2 aromatic carbocycles. The SMILES string of the molecule is COc1ccccc1S(=O)(=O)Nc1noc2c1CC1(CC1)c1ccc(OC3CC3)cc1-2. The maximum Gasteiger partial charge on any atom is 0.266 e. The van der Waals surface area contributed by atoms with Crippen LogP contribution in [-0.2, 0) is 21.9 Å². The van der Waals surface area contributed by atoms with Crippen molar-refractivity contribution in [2.75, 3.05) is 11.8 Å². The van der Waals surface area contributed by atoms with E-state index in [0.717, 1.165) is 42.6 Å². The average molecular weight is 439 g/mol. The third-order valence-electron chi connectivity index (χ3n) is 6.38. The van der Waals surface area contributed by atoms with E-state index in [1.165, 1.54) is 18.7 Å². The zero-order valence-corrected chi connectivity index (χ0v) is 17.9. The van der Waals surface area contributed by atoms with Crippen molar-refractivity contribution in [3.05, 3.63) is 53.6 Å². The summed E-state index contributed by atoms with van der Waals surface area (Å²) >= 11 is 0. The number of hydrogen-bond donors (Lipinski definition) is 1. The van der Waals surface area contributed by atoms with Gasteiger partial charge in [-0.1, -0.05) is 23.4 Å². The molecule has 0 unspecified atom stereocenters. The number of para-hydroxylation sites is 1.